The van der Waals surface area contributed by atoms with Gasteiger partial charge in [-0.25, -0.2) is 18.9 Å². The van der Waals surface area contributed by atoms with Crippen molar-refractivity contribution in [1.82, 2.24) is 24.1 Å². The summed E-state index contributed by atoms with van der Waals surface area (Å²) in [6, 6.07) is 8.24. The van der Waals surface area contributed by atoms with Crippen LogP contribution < -0.4 is 5.73 Å². The zero-order chi connectivity index (χ0) is 20.7. The van der Waals surface area contributed by atoms with Crippen LogP contribution in [0.1, 0.15) is 25.6 Å². The predicted molar refractivity (Wildman–Crippen MR) is 108 cm³/mol. The van der Waals surface area contributed by atoms with Gasteiger partial charge >= 0.3 is 0 Å². The number of primary amides is 1. The highest BCUT2D eigenvalue weighted by Gasteiger charge is 2.20. The molecule has 148 valence electrons. The normalized spacial score (nSPS) is 11.5. The third kappa shape index (κ3) is 3.47. The molecule has 3 aromatic heterocycles. The quantitative estimate of drug-likeness (QED) is 0.541. The van der Waals surface area contributed by atoms with Gasteiger partial charge in [-0.3, -0.25) is 4.79 Å². The van der Waals surface area contributed by atoms with Gasteiger partial charge in [-0.15, -0.1) is 0 Å². The van der Waals surface area contributed by atoms with Crippen molar-refractivity contribution in [1.29, 1.82) is 0 Å². The summed E-state index contributed by atoms with van der Waals surface area (Å²) in [4.78, 5) is 20.2. The lowest BCUT2D eigenvalue weighted by Gasteiger charge is -2.13. The summed E-state index contributed by atoms with van der Waals surface area (Å²) in [6.45, 7) is 4.06. The van der Waals surface area contributed by atoms with Crippen LogP contribution in [0.2, 0.25) is 5.02 Å². The minimum Gasteiger partial charge on any atom is -0.369 e. The first-order chi connectivity index (χ1) is 13.8. The van der Waals surface area contributed by atoms with Crippen LogP contribution in [0.4, 0.5) is 4.39 Å². The first-order valence-corrected chi connectivity index (χ1v) is 9.37. The van der Waals surface area contributed by atoms with Gasteiger partial charge in [0, 0.05) is 11.6 Å². The molecule has 3 heterocycles. The molecule has 0 bridgehead atoms. The summed E-state index contributed by atoms with van der Waals surface area (Å²) in [5, 5.41) is 4.70. The summed E-state index contributed by atoms with van der Waals surface area (Å²) < 4.78 is 17.2. The number of nitrogens with zero attached hydrogens (tertiary/aromatic N) is 5. The van der Waals surface area contributed by atoms with Crippen LogP contribution >= 0.6 is 11.6 Å². The number of halogens is 2. The molecule has 7 nitrogen and oxygen atoms in total. The Balaban J connectivity index is 1.92. The number of hydrogen-bond donors (Lipinski definition) is 1. The van der Waals surface area contributed by atoms with Crippen LogP contribution in [0.15, 0.2) is 42.9 Å². The van der Waals surface area contributed by atoms with E-state index < -0.39 is 11.7 Å². The highest BCUT2D eigenvalue weighted by atomic mass is 35.5. The molecular weight excluding hydrogens is 395 g/mol. The fourth-order valence-electron chi connectivity index (χ4n) is 3.21. The second-order valence-corrected chi connectivity index (χ2v) is 7.36. The molecule has 4 aromatic rings. The van der Waals surface area contributed by atoms with Gasteiger partial charge in [0.05, 0.1) is 41.0 Å². The number of aromatic nitrogens is 5. The average Bonchev–Trinajstić information content (AvgIpc) is 3.28. The molecule has 4 rings (SSSR count). The lowest BCUT2D eigenvalue weighted by molar-refractivity contribution is -0.117. The molecule has 0 fully saturated rings. The van der Waals surface area contributed by atoms with Gasteiger partial charge in [0.25, 0.3) is 0 Å². The maximum Gasteiger partial charge on any atom is 0.223 e. The van der Waals surface area contributed by atoms with E-state index in [0.717, 1.165) is 5.69 Å². The van der Waals surface area contributed by atoms with Crippen LogP contribution in [-0.2, 0) is 11.2 Å². The van der Waals surface area contributed by atoms with Gasteiger partial charge in [0.15, 0.2) is 5.65 Å². The zero-order valence-corrected chi connectivity index (χ0v) is 16.6. The van der Waals surface area contributed by atoms with E-state index in [1.165, 1.54) is 6.07 Å². The average molecular weight is 413 g/mol. The highest BCUT2D eigenvalue weighted by Crippen LogP contribution is 2.34. The Labute approximate surface area is 171 Å². The van der Waals surface area contributed by atoms with Crippen molar-refractivity contribution in [3.05, 3.63) is 59.4 Å². The van der Waals surface area contributed by atoms with E-state index in [-0.39, 0.29) is 17.5 Å². The molecular formula is C20H18ClFN6O. The highest BCUT2D eigenvalue weighted by molar-refractivity contribution is 6.31. The maximum atomic E-state index is 13.6. The predicted octanol–water partition coefficient (Wildman–Crippen LogP) is 3.66. The molecule has 0 saturated carbocycles. The van der Waals surface area contributed by atoms with Crippen molar-refractivity contribution >= 4 is 23.2 Å². The second-order valence-electron chi connectivity index (χ2n) is 6.95. The summed E-state index contributed by atoms with van der Waals surface area (Å²) in [5.41, 5.74) is 9.22. The Bertz CT molecular complexity index is 1230. The lowest BCUT2D eigenvalue weighted by Crippen LogP contribution is -2.15. The first kappa shape index (κ1) is 19.1. The number of benzene rings is 1. The van der Waals surface area contributed by atoms with Crippen molar-refractivity contribution < 1.29 is 9.18 Å². The van der Waals surface area contributed by atoms with Crippen molar-refractivity contribution in [3.8, 4) is 22.6 Å². The molecule has 0 unspecified atom stereocenters. The largest absolute Gasteiger partial charge is 0.369 e. The van der Waals surface area contributed by atoms with Crippen molar-refractivity contribution in [3.63, 3.8) is 0 Å². The molecule has 9 heteroatoms. The van der Waals surface area contributed by atoms with Crippen molar-refractivity contribution in [2.75, 3.05) is 0 Å². The number of amides is 1. The van der Waals surface area contributed by atoms with Crippen LogP contribution in [0, 0.1) is 5.82 Å². The molecule has 1 amide bonds. The topological polar surface area (TPSA) is 91.1 Å². The number of hydrogen-bond acceptors (Lipinski definition) is 4. The second kappa shape index (κ2) is 7.29. The molecule has 0 aliphatic rings. The fraction of sp³-hybridized carbons (Fsp3) is 0.200. The van der Waals surface area contributed by atoms with E-state index in [0.29, 0.717) is 28.3 Å². The Morgan fingerprint density at radius 3 is 2.72 bits per heavy atom. The van der Waals surface area contributed by atoms with Gasteiger partial charge < -0.3 is 10.3 Å². The zero-order valence-electron chi connectivity index (χ0n) is 15.8. The smallest absolute Gasteiger partial charge is 0.223 e. The number of nitrogens with two attached hydrogens (primary N) is 1. The summed E-state index contributed by atoms with van der Waals surface area (Å²) in [5.74, 6) is -0.956. The SMILES string of the molecule is CC(C)n1cnc(-c2ccc(F)c(Cl)c2)c1-c1ccc2ncc(CC(N)=O)n2n1. The monoisotopic (exact) mass is 412 g/mol. The van der Waals surface area contributed by atoms with Crippen LogP contribution in [0.3, 0.4) is 0 Å². The summed E-state index contributed by atoms with van der Waals surface area (Å²) >= 11 is 5.98. The van der Waals surface area contributed by atoms with Gasteiger partial charge in [0.1, 0.15) is 11.5 Å². The van der Waals surface area contributed by atoms with Crippen LogP contribution in [-0.4, -0.2) is 30.1 Å². The van der Waals surface area contributed by atoms with Crippen LogP contribution in [0.5, 0.6) is 0 Å². The molecule has 0 saturated heterocycles. The number of carbonyl (C=O) groups is 1. The van der Waals surface area contributed by atoms with E-state index in [2.05, 4.69) is 15.1 Å². The molecule has 0 spiro atoms. The van der Waals surface area contributed by atoms with E-state index in [4.69, 9.17) is 17.3 Å². The van der Waals surface area contributed by atoms with E-state index in [9.17, 15) is 9.18 Å². The van der Waals surface area contributed by atoms with Crippen LogP contribution in [0.25, 0.3) is 28.3 Å². The van der Waals surface area contributed by atoms with Gasteiger partial charge in [-0.05, 0) is 44.2 Å². The van der Waals surface area contributed by atoms with E-state index in [1.807, 2.05) is 30.5 Å². The Morgan fingerprint density at radius 1 is 1.24 bits per heavy atom. The third-order valence-electron chi connectivity index (χ3n) is 4.57. The fourth-order valence-corrected chi connectivity index (χ4v) is 3.39. The van der Waals surface area contributed by atoms with E-state index in [1.54, 1.807) is 29.2 Å². The third-order valence-corrected chi connectivity index (χ3v) is 4.86. The minimum absolute atomic E-state index is 0.0225. The standard InChI is InChI=1S/C20H18ClFN6O/c1-11(2)27-10-25-19(12-3-4-15(22)14(21)7-12)20(27)16-5-6-18-24-9-13(8-17(23)29)28(18)26-16/h3-7,9-11H,8H2,1-2H3,(H2,23,29). The Morgan fingerprint density at radius 2 is 2.03 bits per heavy atom. The Hall–Kier alpha value is -3.26. The lowest BCUT2D eigenvalue weighted by atomic mass is 10.1. The van der Waals surface area contributed by atoms with Gasteiger partial charge in [-0.1, -0.05) is 11.6 Å². The van der Waals surface area contributed by atoms with Crippen molar-refractivity contribution in [2.45, 2.75) is 26.3 Å². The van der Waals surface area contributed by atoms with E-state index >= 15 is 0 Å². The molecule has 0 atom stereocenters. The number of imidazole rings is 2. The van der Waals surface area contributed by atoms with Crippen molar-refractivity contribution in [2.24, 2.45) is 5.73 Å². The minimum atomic E-state index is -0.491. The molecule has 29 heavy (non-hydrogen) atoms. The number of rotatable bonds is 5. The first-order valence-electron chi connectivity index (χ1n) is 8.99. The summed E-state index contributed by atoms with van der Waals surface area (Å²) in [6.07, 6.45) is 3.33. The van der Waals surface area contributed by atoms with Gasteiger partial charge in [0.2, 0.25) is 5.91 Å². The maximum absolute atomic E-state index is 13.6. The molecule has 2 N–H and O–H groups in total. The summed E-state index contributed by atoms with van der Waals surface area (Å²) in [7, 11) is 0. The van der Waals surface area contributed by atoms with Gasteiger partial charge in [-0.2, -0.15) is 5.10 Å². The molecule has 0 radical (unpaired) electrons. The molecule has 0 aliphatic carbocycles. The Kier molecular flexibility index (Phi) is 4.79. The molecule has 0 aliphatic heterocycles. The number of carbonyl (C=O) groups excluding carboxylic acids is 1. The molecule has 1 aromatic carbocycles. The number of fused-ring (bicyclic) bond motifs is 1.